The summed E-state index contributed by atoms with van der Waals surface area (Å²) >= 11 is 0. The fraction of sp³-hybridized carbons (Fsp3) is 0.600. The summed E-state index contributed by atoms with van der Waals surface area (Å²) < 4.78 is 1.88. The second kappa shape index (κ2) is 7.66. The topological polar surface area (TPSA) is 79.6 Å². The molecular formula is C20H29N5O2. The number of hydrogen-bond donors (Lipinski definition) is 1. The molecule has 2 aromatic rings. The molecular weight excluding hydrogens is 342 g/mol. The van der Waals surface area contributed by atoms with E-state index in [9.17, 15) is 9.59 Å². The van der Waals surface area contributed by atoms with E-state index in [1.54, 1.807) is 6.92 Å². The van der Waals surface area contributed by atoms with E-state index in [0.29, 0.717) is 12.8 Å². The van der Waals surface area contributed by atoms with E-state index in [-0.39, 0.29) is 23.8 Å². The van der Waals surface area contributed by atoms with Crippen LogP contribution in [-0.2, 0) is 16.0 Å². The highest BCUT2D eigenvalue weighted by Gasteiger charge is 2.28. The zero-order valence-corrected chi connectivity index (χ0v) is 16.9. The minimum Gasteiger partial charge on any atom is -0.354 e. The lowest BCUT2D eigenvalue weighted by atomic mass is 10.1. The second-order valence-corrected chi connectivity index (χ2v) is 7.77. The third kappa shape index (κ3) is 4.12. The molecule has 3 heterocycles. The molecule has 27 heavy (non-hydrogen) atoms. The van der Waals surface area contributed by atoms with Gasteiger partial charge in [-0.3, -0.25) is 9.59 Å². The highest BCUT2D eigenvalue weighted by atomic mass is 16.2. The quantitative estimate of drug-likeness (QED) is 0.873. The fourth-order valence-electron chi connectivity index (χ4n) is 3.83. The molecule has 1 saturated heterocycles. The van der Waals surface area contributed by atoms with Crippen molar-refractivity contribution in [3.63, 3.8) is 0 Å². The smallest absolute Gasteiger partial charge is 0.220 e. The third-order valence-electron chi connectivity index (χ3n) is 5.29. The first kappa shape index (κ1) is 19.3. The summed E-state index contributed by atoms with van der Waals surface area (Å²) in [5.74, 6) is 0.435. The number of carbonyl (C=O) groups is 2. The van der Waals surface area contributed by atoms with Gasteiger partial charge in [-0.25, -0.2) is 9.50 Å². The molecule has 3 rings (SSSR count). The van der Waals surface area contributed by atoms with Crippen LogP contribution in [-0.4, -0.2) is 50.4 Å². The maximum absolute atomic E-state index is 12.0. The van der Waals surface area contributed by atoms with Crippen LogP contribution in [0.1, 0.15) is 62.2 Å². The van der Waals surface area contributed by atoms with Gasteiger partial charge in [0.15, 0.2) is 5.65 Å². The number of hydrogen-bond acceptors (Lipinski definition) is 4. The molecule has 0 aromatic carbocycles. The fourth-order valence-corrected chi connectivity index (χ4v) is 3.83. The van der Waals surface area contributed by atoms with Gasteiger partial charge < -0.3 is 10.2 Å². The summed E-state index contributed by atoms with van der Waals surface area (Å²) in [6.07, 6.45) is 2.02. The predicted octanol–water partition coefficient (Wildman–Crippen LogP) is 2.14. The lowest BCUT2D eigenvalue weighted by Crippen LogP contribution is -2.30. The SMILES string of the molecule is CC(=O)N1CCC(c2cc3nc(C)c(CCC(=O)NC(C)C)c(C)n3n2)C1. The van der Waals surface area contributed by atoms with Gasteiger partial charge in [-0.15, -0.1) is 0 Å². The Morgan fingerprint density at radius 1 is 1.33 bits per heavy atom. The third-order valence-corrected chi connectivity index (χ3v) is 5.29. The van der Waals surface area contributed by atoms with E-state index in [4.69, 9.17) is 10.1 Å². The molecule has 2 aromatic heterocycles. The number of amides is 2. The second-order valence-electron chi connectivity index (χ2n) is 7.77. The van der Waals surface area contributed by atoms with E-state index in [1.807, 2.05) is 43.2 Å². The molecule has 1 aliphatic heterocycles. The largest absolute Gasteiger partial charge is 0.354 e. The molecule has 1 fully saturated rings. The summed E-state index contributed by atoms with van der Waals surface area (Å²) in [6, 6.07) is 2.18. The predicted molar refractivity (Wildman–Crippen MR) is 104 cm³/mol. The van der Waals surface area contributed by atoms with Crippen LogP contribution < -0.4 is 5.32 Å². The summed E-state index contributed by atoms with van der Waals surface area (Å²) in [5, 5.41) is 7.71. The zero-order chi connectivity index (χ0) is 19.7. The van der Waals surface area contributed by atoms with Crippen molar-refractivity contribution < 1.29 is 9.59 Å². The molecule has 0 saturated carbocycles. The Balaban J connectivity index is 1.82. The average Bonchev–Trinajstić information content (AvgIpc) is 3.20. The minimum absolute atomic E-state index is 0.0559. The van der Waals surface area contributed by atoms with Crippen LogP contribution in [0.15, 0.2) is 6.07 Å². The Kier molecular flexibility index (Phi) is 5.48. The normalized spacial score (nSPS) is 17.1. The Bertz CT molecular complexity index is 871. The number of rotatable bonds is 5. The van der Waals surface area contributed by atoms with Crippen molar-refractivity contribution in [2.75, 3.05) is 13.1 Å². The Labute approximate surface area is 160 Å². The van der Waals surface area contributed by atoms with Gasteiger partial charge in [-0.05, 0) is 46.1 Å². The van der Waals surface area contributed by atoms with Crippen LogP contribution in [0.3, 0.4) is 0 Å². The molecule has 1 atom stereocenters. The summed E-state index contributed by atoms with van der Waals surface area (Å²) in [6.45, 7) is 11.1. The van der Waals surface area contributed by atoms with Crippen LogP contribution in [0, 0.1) is 13.8 Å². The van der Waals surface area contributed by atoms with Gasteiger partial charge >= 0.3 is 0 Å². The molecule has 1 aliphatic rings. The average molecular weight is 371 g/mol. The van der Waals surface area contributed by atoms with E-state index in [0.717, 1.165) is 47.8 Å². The number of aryl methyl sites for hydroxylation is 2. The van der Waals surface area contributed by atoms with Gasteiger partial charge in [0.2, 0.25) is 11.8 Å². The highest BCUT2D eigenvalue weighted by Crippen LogP contribution is 2.28. The van der Waals surface area contributed by atoms with E-state index >= 15 is 0 Å². The van der Waals surface area contributed by atoms with Crippen molar-refractivity contribution in [1.29, 1.82) is 0 Å². The number of likely N-dealkylation sites (tertiary alicyclic amines) is 1. The van der Waals surface area contributed by atoms with Crippen molar-refractivity contribution >= 4 is 17.5 Å². The molecule has 1 unspecified atom stereocenters. The van der Waals surface area contributed by atoms with Gasteiger partial charge in [0.1, 0.15) is 0 Å². The first-order valence-corrected chi connectivity index (χ1v) is 9.67. The summed E-state index contributed by atoms with van der Waals surface area (Å²) in [7, 11) is 0. The van der Waals surface area contributed by atoms with Crippen molar-refractivity contribution in [2.45, 2.75) is 65.8 Å². The van der Waals surface area contributed by atoms with Crippen LogP contribution in [0.25, 0.3) is 5.65 Å². The van der Waals surface area contributed by atoms with E-state index < -0.39 is 0 Å². The standard InChI is InChI=1S/C20H29N5O2/c1-12(2)21-20(27)7-6-17-13(3)22-19-10-18(23-25(19)14(17)4)16-8-9-24(11-16)15(5)26/h10,12,16H,6-9,11H2,1-5H3,(H,21,27). The number of nitrogens with one attached hydrogen (secondary N) is 1. The number of carbonyl (C=O) groups excluding carboxylic acids is 2. The van der Waals surface area contributed by atoms with E-state index in [2.05, 4.69) is 5.32 Å². The molecule has 146 valence electrons. The Hall–Kier alpha value is -2.44. The maximum atomic E-state index is 12.0. The first-order chi connectivity index (χ1) is 12.8. The number of fused-ring (bicyclic) bond motifs is 1. The minimum atomic E-state index is 0.0559. The lowest BCUT2D eigenvalue weighted by molar-refractivity contribution is -0.127. The van der Waals surface area contributed by atoms with Crippen LogP contribution >= 0.6 is 0 Å². The van der Waals surface area contributed by atoms with Gasteiger partial charge in [-0.2, -0.15) is 5.10 Å². The van der Waals surface area contributed by atoms with Gasteiger partial charge in [-0.1, -0.05) is 0 Å². The maximum Gasteiger partial charge on any atom is 0.220 e. The van der Waals surface area contributed by atoms with Crippen molar-refractivity contribution in [2.24, 2.45) is 0 Å². The van der Waals surface area contributed by atoms with Crippen LogP contribution in [0.2, 0.25) is 0 Å². The molecule has 1 N–H and O–H groups in total. The molecule has 0 aliphatic carbocycles. The number of nitrogens with zero attached hydrogens (tertiary/aromatic N) is 4. The van der Waals surface area contributed by atoms with Crippen molar-refractivity contribution in [3.05, 3.63) is 28.7 Å². The van der Waals surface area contributed by atoms with Crippen molar-refractivity contribution in [3.8, 4) is 0 Å². The molecule has 0 radical (unpaired) electrons. The van der Waals surface area contributed by atoms with Crippen LogP contribution in [0.4, 0.5) is 0 Å². The molecule has 0 bridgehead atoms. The first-order valence-electron chi connectivity index (χ1n) is 9.67. The van der Waals surface area contributed by atoms with E-state index in [1.165, 1.54) is 0 Å². The van der Waals surface area contributed by atoms with Gasteiger partial charge in [0.25, 0.3) is 0 Å². The highest BCUT2D eigenvalue weighted by molar-refractivity contribution is 5.76. The molecule has 2 amide bonds. The Morgan fingerprint density at radius 2 is 2.07 bits per heavy atom. The molecule has 7 nitrogen and oxygen atoms in total. The van der Waals surface area contributed by atoms with Crippen LogP contribution in [0.5, 0.6) is 0 Å². The van der Waals surface area contributed by atoms with Gasteiger partial charge in [0, 0.05) is 55.8 Å². The molecule has 0 spiro atoms. The summed E-state index contributed by atoms with van der Waals surface area (Å²) in [5.41, 5.74) is 4.87. The monoisotopic (exact) mass is 371 g/mol. The Morgan fingerprint density at radius 3 is 2.70 bits per heavy atom. The zero-order valence-electron chi connectivity index (χ0n) is 16.9. The molecule has 7 heteroatoms. The number of aromatic nitrogens is 3. The van der Waals surface area contributed by atoms with Gasteiger partial charge in [0.05, 0.1) is 5.69 Å². The summed E-state index contributed by atoms with van der Waals surface area (Å²) in [4.78, 5) is 30.2. The lowest BCUT2D eigenvalue weighted by Gasteiger charge is -2.13. The van der Waals surface area contributed by atoms with Crippen molar-refractivity contribution in [1.82, 2.24) is 24.8 Å².